The summed E-state index contributed by atoms with van der Waals surface area (Å²) < 4.78 is 0. The van der Waals surface area contributed by atoms with Crippen LogP contribution in [0.1, 0.15) is 26.3 Å². The molecule has 1 atom stereocenters. The smallest absolute Gasteiger partial charge is 0.269 e. The molecule has 0 aliphatic carbocycles. The molecule has 0 radical (unpaired) electrons. The summed E-state index contributed by atoms with van der Waals surface area (Å²) in [5.74, 6) is -1.54. The van der Waals surface area contributed by atoms with Crippen LogP contribution >= 0.6 is 0 Å². The summed E-state index contributed by atoms with van der Waals surface area (Å²) >= 11 is 0. The molecule has 2 aliphatic heterocycles. The number of nitrogens with two attached hydrogens (primary N) is 1. The Bertz CT molecular complexity index is 921. The fourth-order valence-electron chi connectivity index (χ4n) is 3.36. The van der Waals surface area contributed by atoms with E-state index in [1.54, 1.807) is 20.8 Å². The Balaban J connectivity index is 2.36. The van der Waals surface area contributed by atoms with Crippen LogP contribution in [0.2, 0.25) is 0 Å². The van der Waals surface area contributed by atoms with E-state index < -0.39 is 27.7 Å². The minimum Gasteiger partial charge on any atom is -0.384 e. The normalized spacial score (nSPS) is 22.2. The number of nitro groups is 1. The number of anilines is 1. The van der Waals surface area contributed by atoms with E-state index in [2.05, 4.69) is 5.32 Å². The number of carbonyl (C=O) groups excluding carboxylic acids is 2. The monoisotopic (exact) mass is 341 g/mol. The number of nitriles is 1. The van der Waals surface area contributed by atoms with Crippen LogP contribution in [-0.2, 0) is 15.0 Å². The molecule has 3 rings (SSSR count). The van der Waals surface area contributed by atoms with E-state index in [9.17, 15) is 25.0 Å². The molecule has 25 heavy (non-hydrogen) atoms. The van der Waals surface area contributed by atoms with Crippen LogP contribution in [0.15, 0.2) is 29.6 Å². The highest BCUT2D eigenvalue weighted by Crippen LogP contribution is 2.51. The average molecular weight is 341 g/mol. The lowest BCUT2D eigenvalue weighted by molar-refractivity contribution is -0.384. The Kier molecular flexibility index (Phi) is 3.16. The third-order valence-corrected chi connectivity index (χ3v) is 4.39. The lowest BCUT2D eigenvalue weighted by Crippen LogP contribution is -2.51. The van der Waals surface area contributed by atoms with Crippen molar-refractivity contribution in [3.8, 4) is 6.07 Å². The highest BCUT2D eigenvalue weighted by Gasteiger charge is 2.64. The third-order valence-electron chi connectivity index (χ3n) is 4.39. The van der Waals surface area contributed by atoms with Crippen LogP contribution in [0, 0.1) is 21.4 Å². The third kappa shape index (κ3) is 1.88. The Morgan fingerprint density at radius 1 is 1.36 bits per heavy atom. The molecule has 1 aromatic rings. The minimum atomic E-state index is -1.99. The zero-order valence-corrected chi connectivity index (χ0v) is 13.8. The van der Waals surface area contributed by atoms with Gasteiger partial charge in [0.1, 0.15) is 11.9 Å². The predicted molar refractivity (Wildman–Crippen MR) is 86.8 cm³/mol. The number of nitrogens with zero attached hydrogens (tertiary/aromatic N) is 3. The van der Waals surface area contributed by atoms with Gasteiger partial charge in [0.05, 0.1) is 10.5 Å². The lowest BCUT2D eigenvalue weighted by Gasteiger charge is -2.34. The van der Waals surface area contributed by atoms with Crippen molar-refractivity contribution in [2.24, 2.45) is 5.73 Å². The molecule has 9 heteroatoms. The number of non-ortho nitro benzene ring substituents is 1. The second-order valence-corrected chi connectivity index (χ2v) is 6.87. The van der Waals surface area contributed by atoms with Gasteiger partial charge in [0, 0.05) is 28.9 Å². The SMILES string of the molecule is CC(C)(C)N1C(=O)C2(C(=O)Nc3ccc([N+](=O)[O-])cc32)C(C#N)=C1N. The molecule has 3 N–H and O–H groups in total. The standard InChI is InChI=1S/C16H15N5O4/c1-15(2,3)20-12(18)10(7-17)16(14(20)23)9-6-8(21(24)25)4-5-11(9)19-13(16)22/h4-6H,18H2,1-3H3,(H,19,22). The molecule has 9 nitrogen and oxygen atoms in total. The molecule has 1 aromatic carbocycles. The largest absolute Gasteiger partial charge is 0.384 e. The minimum absolute atomic E-state index is 0.0722. The first-order chi connectivity index (χ1) is 11.6. The van der Waals surface area contributed by atoms with Crippen LogP contribution in [0.25, 0.3) is 0 Å². The molecule has 0 saturated heterocycles. The molecule has 2 heterocycles. The first-order valence-electron chi connectivity index (χ1n) is 7.42. The Morgan fingerprint density at radius 2 is 2.00 bits per heavy atom. The lowest BCUT2D eigenvalue weighted by atomic mass is 9.76. The molecular weight excluding hydrogens is 326 g/mol. The van der Waals surface area contributed by atoms with Gasteiger partial charge in [-0.1, -0.05) is 0 Å². The number of carbonyl (C=O) groups is 2. The molecule has 128 valence electrons. The first kappa shape index (κ1) is 16.4. The van der Waals surface area contributed by atoms with Crippen molar-refractivity contribution < 1.29 is 14.5 Å². The molecule has 0 bridgehead atoms. The molecular formula is C16H15N5O4. The van der Waals surface area contributed by atoms with Gasteiger partial charge < -0.3 is 11.1 Å². The number of nitrogens with one attached hydrogen (secondary N) is 1. The van der Waals surface area contributed by atoms with Crippen molar-refractivity contribution in [2.45, 2.75) is 31.7 Å². The van der Waals surface area contributed by atoms with Crippen LogP contribution in [0.4, 0.5) is 11.4 Å². The van der Waals surface area contributed by atoms with Gasteiger partial charge in [-0.15, -0.1) is 0 Å². The van der Waals surface area contributed by atoms with Crippen molar-refractivity contribution in [3.63, 3.8) is 0 Å². The summed E-state index contributed by atoms with van der Waals surface area (Å²) in [6.45, 7) is 5.15. The summed E-state index contributed by atoms with van der Waals surface area (Å²) in [5, 5.41) is 23.2. The van der Waals surface area contributed by atoms with Crippen LogP contribution in [-0.4, -0.2) is 27.2 Å². The fourth-order valence-corrected chi connectivity index (χ4v) is 3.36. The Hall–Kier alpha value is -3.41. The van der Waals surface area contributed by atoms with Gasteiger partial charge in [-0.25, -0.2) is 0 Å². The first-order valence-corrected chi connectivity index (χ1v) is 7.42. The quantitative estimate of drug-likeness (QED) is 0.445. The maximum Gasteiger partial charge on any atom is 0.269 e. The van der Waals surface area contributed by atoms with Crippen molar-refractivity contribution in [1.29, 1.82) is 5.26 Å². The van der Waals surface area contributed by atoms with Gasteiger partial charge in [0.15, 0.2) is 5.41 Å². The maximum atomic E-state index is 13.2. The van der Waals surface area contributed by atoms with Crippen LogP contribution < -0.4 is 11.1 Å². The number of amides is 2. The highest BCUT2D eigenvalue weighted by molar-refractivity contribution is 6.26. The van der Waals surface area contributed by atoms with E-state index >= 15 is 0 Å². The second kappa shape index (κ2) is 4.80. The maximum absolute atomic E-state index is 13.2. The summed E-state index contributed by atoms with van der Waals surface area (Å²) in [7, 11) is 0. The van der Waals surface area contributed by atoms with Crippen molar-refractivity contribution >= 4 is 23.2 Å². The number of nitro benzene ring substituents is 1. The topological polar surface area (TPSA) is 142 Å². The highest BCUT2D eigenvalue weighted by atomic mass is 16.6. The second-order valence-electron chi connectivity index (χ2n) is 6.87. The molecule has 2 aliphatic rings. The van der Waals surface area contributed by atoms with Gasteiger partial charge in [0.25, 0.3) is 11.6 Å². The van der Waals surface area contributed by atoms with Crippen molar-refractivity contribution in [1.82, 2.24) is 4.90 Å². The molecule has 0 aromatic heterocycles. The average Bonchev–Trinajstić information content (AvgIpc) is 2.91. The fraction of sp³-hybridized carbons (Fsp3) is 0.312. The van der Waals surface area contributed by atoms with E-state index in [1.165, 1.54) is 17.0 Å². The molecule has 1 unspecified atom stereocenters. The van der Waals surface area contributed by atoms with E-state index in [1.807, 2.05) is 6.07 Å². The predicted octanol–water partition coefficient (Wildman–Crippen LogP) is 1.12. The van der Waals surface area contributed by atoms with Crippen molar-refractivity contribution in [3.05, 3.63) is 45.3 Å². The number of hydrogen-bond acceptors (Lipinski definition) is 6. The number of rotatable bonds is 1. The van der Waals surface area contributed by atoms with Gasteiger partial charge in [-0.2, -0.15) is 5.26 Å². The Morgan fingerprint density at radius 3 is 2.52 bits per heavy atom. The van der Waals surface area contributed by atoms with E-state index in [0.717, 1.165) is 6.07 Å². The van der Waals surface area contributed by atoms with E-state index in [0.29, 0.717) is 0 Å². The zero-order chi connectivity index (χ0) is 18.7. The van der Waals surface area contributed by atoms with Gasteiger partial charge >= 0.3 is 0 Å². The van der Waals surface area contributed by atoms with E-state index in [-0.39, 0.29) is 28.3 Å². The number of benzene rings is 1. The summed E-state index contributed by atoms with van der Waals surface area (Å²) in [5.41, 5.74) is 3.08. The van der Waals surface area contributed by atoms with Gasteiger partial charge in [-0.05, 0) is 26.8 Å². The van der Waals surface area contributed by atoms with Crippen LogP contribution in [0.3, 0.4) is 0 Å². The number of fused-ring (bicyclic) bond motifs is 2. The van der Waals surface area contributed by atoms with E-state index in [4.69, 9.17) is 5.73 Å². The number of hydrogen-bond donors (Lipinski definition) is 2. The zero-order valence-electron chi connectivity index (χ0n) is 13.8. The molecule has 0 saturated carbocycles. The van der Waals surface area contributed by atoms with Gasteiger partial charge in [-0.3, -0.25) is 24.6 Å². The molecule has 1 spiro atoms. The summed E-state index contributed by atoms with van der Waals surface area (Å²) in [4.78, 5) is 37.7. The molecule has 2 amide bonds. The Labute approximate surface area is 142 Å². The van der Waals surface area contributed by atoms with Gasteiger partial charge in [0.2, 0.25) is 5.91 Å². The van der Waals surface area contributed by atoms with Crippen molar-refractivity contribution in [2.75, 3.05) is 5.32 Å². The summed E-state index contributed by atoms with van der Waals surface area (Å²) in [6.07, 6.45) is 0. The summed E-state index contributed by atoms with van der Waals surface area (Å²) in [6, 6.07) is 5.57. The van der Waals surface area contributed by atoms with Crippen LogP contribution in [0.5, 0.6) is 0 Å². The molecule has 0 fully saturated rings.